The molecule has 0 radical (unpaired) electrons. The average Bonchev–Trinajstić information content (AvgIpc) is 2.91. The van der Waals surface area contributed by atoms with Crippen molar-refractivity contribution in [3.63, 3.8) is 0 Å². The first kappa shape index (κ1) is 15.4. The molecule has 2 bridgehead atoms. The Hall–Kier alpha value is -2.17. The van der Waals surface area contributed by atoms with E-state index in [0.717, 1.165) is 36.8 Å². The fraction of sp³-hybridized carbons (Fsp3) is 0.526. The van der Waals surface area contributed by atoms with Crippen molar-refractivity contribution in [3.05, 3.63) is 24.3 Å². The van der Waals surface area contributed by atoms with Gasteiger partial charge < -0.3 is 4.57 Å². The maximum atomic E-state index is 12.8. The summed E-state index contributed by atoms with van der Waals surface area (Å²) in [6.45, 7) is 2.80. The zero-order chi connectivity index (χ0) is 16.7. The van der Waals surface area contributed by atoms with E-state index in [4.69, 9.17) is 0 Å². The van der Waals surface area contributed by atoms with Crippen molar-refractivity contribution in [3.8, 4) is 0 Å². The Morgan fingerprint density at radius 3 is 2.67 bits per heavy atom. The summed E-state index contributed by atoms with van der Waals surface area (Å²) < 4.78 is 2.03. The van der Waals surface area contributed by atoms with Crippen molar-refractivity contribution in [2.24, 2.45) is 17.8 Å². The van der Waals surface area contributed by atoms with Gasteiger partial charge in [-0.1, -0.05) is 18.6 Å². The Kier molecular flexibility index (Phi) is 3.87. The maximum absolute atomic E-state index is 12.8. The molecule has 1 heterocycles. The molecule has 1 amide bonds. The molecular formula is C19H23N3O2. The molecule has 2 aromatic rings. The van der Waals surface area contributed by atoms with Crippen LogP contribution in [0.1, 0.15) is 39.0 Å². The topological polar surface area (TPSA) is 64.0 Å². The van der Waals surface area contributed by atoms with Crippen molar-refractivity contribution in [1.29, 1.82) is 0 Å². The van der Waals surface area contributed by atoms with E-state index in [1.165, 1.54) is 0 Å². The maximum Gasteiger partial charge on any atom is 0.229 e. The van der Waals surface area contributed by atoms with Crippen LogP contribution in [0.2, 0.25) is 0 Å². The lowest BCUT2D eigenvalue weighted by molar-refractivity contribution is -0.136. The average molecular weight is 325 g/mol. The predicted octanol–water partition coefficient (Wildman–Crippen LogP) is 3.39. The number of hydrogen-bond acceptors (Lipinski definition) is 3. The number of fused-ring (bicyclic) bond motifs is 3. The summed E-state index contributed by atoms with van der Waals surface area (Å²) in [5.41, 5.74) is 1.93. The number of ketones is 1. The van der Waals surface area contributed by atoms with Crippen LogP contribution < -0.4 is 5.32 Å². The number of aromatic nitrogens is 2. The molecule has 5 nitrogen and oxygen atoms in total. The number of nitrogens with zero attached hydrogens (tertiary/aromatic N) is 2. The number of aryl methyl sites for hydroxylation is 1. The largest absolute Gasteiger partial charge is 0.310 e. The van der Waals surface area contributed by atoms with Crippen LogP contribution in [0.15, 0.2) is 24.3 Å². The molecule has 2 aliphatic rings. The molecule has 1 aromatic carbocycles. The van der Waals surface area contributed by atoms with Gasteiger partial charge in [0.2, 0.25) is 11.9 Å². The summed E-state index contributed by atoms with van der Waals surface area (Å²) in [5.74, 6) is 1.15. The second kappa shape index (κ2) is 6.04. The van der Waals surface area contributed by atoms with Gasteiger partial charge in [0, 0.05) is 24.3 Å². The third-order valence-corrected chi connectivity index (χ3v) is 5.62. The van der Waals surface area contributed by atoms with Gasteiger partial charge in [-0.15, -0.1) is 0 Å². The highest BCUT2D eigenvalue weighted by Crippen LogP contribution is 2.40. The van der Waals surface area contributed by atoms with E-state index in [1.54, 1.807) is 0 Å². The van der Waals surface area contributed by atoms with Gasteiger partial charge in [0.1, 0.15) is 5.78 Å². The number of amides is 1. The third kappa shape index (κ3) is 2.52. The molecule has 0 spiro atoms. The van der Waals surface area contributed by atoms with Crippen molar-refractivity contribution >= 4 is 28.7 Å². The fourth-order valence-electron chi connectivity index (χ4n) is 4.40. The van der Waals surface area contributed by atoms with E-state index in [1.807, 2.05) is 35.8 Å². The van der Waals surface area contributed by atoms with Gasteiger partial charge in [-0.3, -0.25) is 14.9 Å². The fourth-order valence-corrected chi connectivity index (χ4v) is 4.40. The molecular weight excluding hydrogens is 302 g/mol. The van der Waals surface area contributed by atoms with Crippen molar-refractivity contribution in [2.75, 3.05) is 5.32 Å². The predicted molar refractivity (Wildman–Crippen MR) is 92.6 cm³/mol. The molecule has 0 saturated heterocycles. The summed E-state index contributed by atoms with van der Waals surface area (Å²) in [4.78, 5) is 29.5. The van der Waals surface area contributed by atoms with Crippen LogP contribution in [0.25, 0.3) is 11.0 Å². The van der Waals surface area contributed by atoms with Crippen LogP contribution in [0.3, 0.4) is 0 Å². The second-order valence-corrected chi connectivity index (χ2v) is 7.05. The Morgan fingerprint density at radius 2 is 1.96 bits per heavy atom. The van der Waals surface area contributed by atoms with E-state index in [0.29, 0.717) is 24.6 Å². The highest BCUT2D eigenvalue weighted by molar-refractivity contribution is 5.95. The summed E-state index contributed by atoms with van der Waals surface area (Å²) in [6, 6.07) is 7.91. The zero-order valence-corrected chi connectivity index (χ0v) is 14.0. The molecule has 4 rings (SSSR count). The SMILES string of the molecule is CCn1c(NC(=O)C2CC3CCCC(C2)C3=O)nc2ccccc21. The first-order chi connectivity index (χ1) is 11.7. The van der Waals surface area contributed by atoms with Crippen molar-refractivity contribution in [2.45, 2.75) is 45.6 Å². The minimum absolute atomic E-state index is 0.0180. The van der Waals surface area contributed by atoms with Crippen LogP contribution in [-0.2, 0) is 16.1 Å². The summed E-state index contributed by atoms with van der Waals surface area (Å²) in [6.07, 6.45) is 4.43. The monoisotopic (exact) mass is 325 g/mol. The van der Waals surface area contributed by atoms with Crippen LogP contribution in [0.4, 0.5) is 5.95 Å². The van der Waals surface area contributed by atoms with E-state index in [-0.39, 0.29) is 23.7 Å². The molecule has 126 valence electrons. The Labute approximate surface area is 141 Å². The van der Waals surface area contributed by atoms with Gasteiger partial charge in [-0.25, -0.2) is 4.98 Å². The van der Waals surface area contributed by atoms with Gasteiger partial charge in [0.05, 0.1) is 11.0 Å². The molecule has 2 fully saturated rings. The smallest absolute Gasteiger partial charge is 0.229 e. The molecule has 2 aliphatic carbocycles. The minimum Gasteiger partial charge on any atom is -0.310 e. The molecule has 2 atom stereocenters. The number of benzene rings is 1. The zero-order valence-electron chi connectivity index (χ0n) is 14.0. The van der Waals surface area contributed by atoms with Crippen LogP contribution in [0, 0.1) is 17.8 Å². The summed E-state index contributed by atoms with van der Waals surface area (Å²) in [5, 5.41) is 3.03. The van der Waals surface area contributed by atoms with Gasteiger partial charge >= 0.3 is 0 Å². The highest BCUT2D eigenvalue weighted by atomic mass is 16.2. The van der Waals surface area contributed by atoms with Crippen molar-refractivity contribution in [1.82, 2.24) is 9.55 Å². The van der Waals surface area contributed by atoms with Crippen LogP contribution in [-0.4, -0.2) is 21.2 Å². The summed E-state index contributed by atoms with van der Waals surface area (Å²) in [7, 11) is 0. The third-order valence-electron chi connectivity index (χ3n) is 5.62. The number of para-hydroxylation sites is 2. The Balaban J connectivity index is 1.55. The van der Waals surface area contributed by atoms with E-state index >= 15 is 0 Å². The number of imidazole rings is 1. The van der Waals surface area contributed by atoms with E-state index < -0.39 is 0 Å². The van der Waals surface area contributed by atoms with Gasteiger partial charge in [-0.2, -0.15) is 0 Å². The molecule has 0 aliphatic heterocycles. The molecule has 2 saturated carbocycles. The number of nitrogens with one attached hydrogen (secondary N) is 1. The highest BCUT2D eigenvalue weighted by Gasteiger charge is 2.41. The normalized spacial score (nSPS) is 26.5. The van der Waals surface area contributed by atoms with Gasteiger partial charge in [0.15, 0.2) is 0 Å². The molecule has 2 unspecified atom stereocenters. The first-order valence-electron chi connectivity index (χ1n) is 8.97. The molecule has 1 N–H and O–H groups in total. The van der Waals surface area contributed by atoms with E-state index in [9.17, 15) is 9.59 Å². The van der Waals surface area contributed by atoms with E-state index in [2.05, 4.69) is 10.3 Å². The Bertz CT molecular complexity index is 779. The minimum atomic E-state index is -0.0666. The van der Waals surface area contributed by atoms with Gasteiger partial charge in [0.25, 0.3) is 0 Å². The number of Topliss-reactive ketones (excluding diaryl/α,β-unsaturated/α-hetero) is 1. The number of carbonyl (C=O) groups excluding carboxylic acids is 2. The lowest BCUT2D eigenvalue weighted by Gasteiger charge is -2.36. The lowest BCUT2D eigenvalue weighted by atomic mass is 9.67. The van der Waals surface area contributed by atoms with Crippen LogP contribution in [0.5, 0.6) is 0 Å². The molecule has 5 heteroatoms. The van der Waals surface area contributed by atoms with Crippen molar-refractivity contribution < 1.29 is 9.59 Å². The lowest BCUT2D eigenvalue weighted by Crippen LogP contribution is -2.40. The van der Waals surface area contributed by atoms with Crippen LogP contribution >= 0.6 is 0 Å². The molecule has 24 heavy (non-hydrogen) atoms. The van der Waals surface area contributed by atoms with Gasteiger partial charge in [-0.05, 0) is 44.7 Å². The number of carbonyl (C=O) groups is 2. The Morgan fingerprint density at radius 1 is 1.25 bits per heavy atom. The number of rotatable bonds is 3. The second-order valence-electron chi connectivity index (χ2n) is 7.05. The standard InChI is InChI=1S/C19H23N3O2/c1-2-22-16-9-4-3-8-15(16)20-19(22)21-18(24)14-10-12-6-5-7-13(11-14)17(12)23/h3-4,8-9,12-14H,2,5-7,10-11H2,1H3,(H,20,21,24). The number of hydrogen-bond donors (Lipinski definition) is 1. The first-order valence-corrected chi connectivity index (χ1v) is 8.97. The summed E-state index contributed by atoms with van der Waals surface area (Å²) >= 11 is 0. The number of anilines is 1. The molecule has 1 aromatic heterocycles. The quantitative estimate of drug-likeness (QED) is 0.941.